The van der Waals surface area contributed by atoms with Gasteiger partial charge >= 0.3 is 0 Å². The van der Waals surface area contributed by atoms with Crippen molar-refractivity contribution in [2.24, 2.45) is 0 Å². The van der Waals surface area contributed by atoms with Crippen molar-refractivity contribution in [1.29, 1.82) is 0 Å². The molecule has 5 nitrogen and oxygen atoms in total. The topological polar surface area (TPSA) is 59.0 Å². The molecule has 4 aromatic rings. The number of ether oxygens (including phenoxy) is 2. The van der Waals surface area contributed by atoms with E-state index in [0.29, 0.717) is 17.1 Å². The van der Waals surface area contributed by atoms with Crippen molar-refractivity contribution in [2.75, 3.05) is 19.1 Å². The highest BCUT2D eigenvalue weighted by Gasteiger charge is 2.27. The molecule has 0 radical (unpaired) electrons. The van der Waals surface area contributed by atoms with Gasteiger partial charge in [-0.1, -0.05) is 78.6 Å². The van der Waals surface area contributed by atoms with Gasteiger partial charge in [0.15, 0.2) is 11.5 Å². The Morgan fingerprint density at radius 3 is 2.11 bits per heavy atom. The number of anilines is 1. The van der Waals surface area contributed by atoms with Crippen molar-refractivity contribution >= 4 is 11.6 Å². The Hall–Kier alpha value is -4.53. The van der Waals surface area contributed by atoms with E-state index in [0.717, 1.165) is 27.9 Å². The summed E-state index contributed by atoms with van der Waals surface area (Å²) in [5.74, 6) is 7.49. The summed E-state index contributed by atoms with van der Waals surface area (Å²) < 4.78 is 11.1. The first-order valence-electron chi connectivity index (χ1n) is 11.9. The van der Waals surface area contributed by atoms with Crippen LogP contribution in [0.3, 0.4) is 0 Å². The van der Waals surface area contributed by atoms with E-state index in [4.69, 9.17) is 9.47 Å². The molecule has 0 spiro atoms. The van der Waals surface area contributed by atoms with Gasteiger partial charge in [-0.15, -0.1) is 0 Å². The maximum absolute atomic E-state index is 13.1. The summed E-state index contributed by atoms with van der Waals surface area (Å²) in [7, 11) is 3.11. The molecule has 1 atom stereocenters. The van der Waals surface area contributed by atoms with Crippen LogP contribution in [0.25, 0.3) is 11.1 Å². The zero-order valence-corrected chi connectivity index (χ0v) is 21.1. The second-order valence-electron chi connectivity index (χ2n) is 8.34. The maximum atomic E-state index is 13.1. The highest BCUT2D eigenvalue weighted by atomic mass is 16.5. The van der Waals surface area contributed by atoms with Crippen LogP contribution in [-0.2, 0) is 11.4 Å². The number of carbonyl (C=O) groups is 1. The molecule has 37 heavy (non-hydrogen) atoms. The minimum absolute atomic E-state index is 0.136. The molecule has 0 aliphatic rings. The largest absolute Gasteiger partial charge is 0.493 e. The molecule has 0 aliphatic heterocycles. The van der Waals surface area contributed by atoms with Gasteiger partial charge in [-0.05, 0) is 47.0 Å². The van der Waals surface area contributed by atoms with Crippen LogP contribution in [0.2, 0.25) is 0 Å². The van der Waals surface area contributed by atoms with E-state index in [1.807, 2.05) is 97.1 Å². The van der Waals surface area contributed by atoms with Crippen LogP contribution < -0.4 is 14.4 Å². The summed E-state index contributed by atoms with van der Waals surface area (Å²) in [5, 5.41) is 10.3. The SMILES string of the molecule is COc1ccc(-c2ccccc2C(C#Cc2ccccc2)N(C(C)=O)c2ccccc2)c(CO)c1OC. The van der Waals surface area contributed by atoms with Crippen LogP contribution in [0.1, 0.15) is 29.7 Å². The Kier molecular flexibility index (Phi) is 8.25. The Morgan fingerprint density at radius 1 is 0.838 bits per heavy atom. The molecule has 0 saturated carbocycles. The van der Waals surface area contributed by atoms with Crippen molar-refractivity contribution in [3.63, 3.8) is 0 Å². The van der Waals surface area contributed by atoms with Crippen LogP contribution in [0.4, 0.5) is 5.69 Å². The number of hydrogen-bond acceptors (Lipinski definition) is 4. The highest BCUT2D eigenvalue weighted by Crippen LogP contribution is 2.41. The first kappa shape index (κ1) is 25.6. The Balaban J connectivity index is 1.97. The normalized spacial score (nSPS) is 11.1. The third kappa shape index (κ3) is 5.50. The number of aliphatic hydroxyl groups excluding tert-OH is 1. The van der Waals surface area contributed by atoms with E-state index < -0.39 is 6.04 Å². The van der Waals surface area contributed by atoms with Gasteiger partial charge in [-0.2, -0.15) is 0 Å². The maximum Gasteiger partial charge on any atom is 0.225 e. The lowest BCUT2D eigenvalue weighted by atomic mass is 9.90. The molecule has 0 aliphatic carbocycles. The number of para-hydroxylation sites is 1. The van der Waals surface area contributed by atoms with Crippen LogP contribution in [-0.4, -0.2) is 25.2 Å². The molecule has 0 saturated heterocycles. The number of benzene rings is 4. The van der Waals surface area contributed by atoms with E-state index in [9.17, 15) is 9.90 Å². The molecule has 0 bridgehead atoms. The number of aliphatic hydroxyl groups is 1. The molecule has 0 fully saturated rings. The molecule has 186 valence electrons. The molecular formula is C32H29NO4. The monoisotopic (exact) mass is 491 g/mol. The van der Waals surface area contributed by atoms with Crippen LogP contribution in [0.15, 0.2) is 97.1 Å². The fraction of sp³-hybridized carbons (Fsp3) is 0.156. The standard InChI is InChI=1S/C32H29NO4/c1-23(35)33(25-14-8-5-9-15-25)30(20-18-24-12-6-4-7-13-24)28-17-11-10-16-26(28)27-19-21-31(36-2)32(37-3)29(27)22-34/h4-17,19,21,30,34H,22H2,1-3H3. The van der Waals surface area contributed by atoms with Gasteiger partial charge in [-0.3, -0.25) is 9.69 Å². The predicted molar refractivity (Wildman–Crippen MR) is 147 cm³/mol. The average molecular weight is 492 g/mol. The molecule has 0 aromatic heterocycles. The lowest BCUT2D eigenvalue weighted by Gasteiger charge is -2.30. The summed E-state index contributed by atoms with van der Waals surface area (Å²) in [6.45, 7) is 1.29. The van der Waals surface area contributed by atoms with E-state index >= 15 is 0 Å². The van der Waals surface area contributed by atoms with Crippen LogP contribution >= 0.6 is 0 Å². The summed E-state index contributed by atoms with van der Waals surface area (Å²) in [5.41, 5.74) is 4.63. The lowest BCUT2D eigenvalue weighted by Crippen LogP contribution is -2.32. The van der Waals surface area contributed by atoms with E-state index in [1.165, 1.54) is 0 Å². The predicted octanol–water partition coefficient (Wildman–Crippen LogP) is 6.01. The summed E-state index contributed by atoms with van der Waals surface area (Å²) in [6, 6.07) is 30.1. The van der Waals surface area contributed by atoms with Crippen molar-refractivity contribution in [1.82, 2.24) is 0 Å². The highest BCUT2D eigenvalue weighted by molar-refractivity contribution is 5.93. The minimum Gasteiger partial charge on any atom is -0.493 e. The molecule has 5 heteroatoms. The number of rotatable bonds is 7. The van der Waals surface area contributed by atoms with Crippen molar-refractivity contribution in [2.45, 2.75) is 19.6 Å². The van der Waals surface area contributed by atoms with Gasteiger partial charge in [0.05, 0.1) is 20.8 Å². The van der Waals surface area contributed by atoms with Crippen LogP contribution in [0, 0.1) is 11.8 Å². The molecule has 4 aromatic carbocycles. The fourth-order valence-electron chi connectivity index (χ4n) is 4.44. The second-order valence-corrected chi connectivity index (χ2v) is 8.34. The summed E-state index contributed by atoms with van der Waals surface area (Å²) >= 11 is 0. The number of hydrogen-bond donors (Lipinski definition) is 1. The van der Waals surface area contributed by atoms with Crippen molar-refractivity contribution < 1.29 is 19.4 Å². The Bertz CT molecular complexity index is 1420. The van der Waals surface area contributed by atoms with Crippen LogP contribution in [0.5, 0.6) is 11.5 Å². The Morgan fingerprint density at radius 2 is 1.49 bits per heavy atom. The zero-order valence-electron chi connectivity index (χ0n) is 21.1. The molecule has 1 unspecified atom stereocenters. The van der Waals surface area contributed by atoms with Gasteiger partial charge in [-0.25, -0.2) is 0 Å². The van der Waals surface area contributed by atoms with Crippen molar-refractivity contribution in [3.8, 4) is 34.5 Å². The molecule has 1 N–H and O–H groups in total. The second kappa shape index (κ2) is 11.9. The third-order valence-electron chi connectivity index (χ3n) is 6.11. The molecule has 1 amide bonds. The van der Waals surface area contributed by atoms with E-state index in [2.05, 4.69) is 11.8 Å². The smallest absolute Gasteiger partial charge is 0.225 e. The quantitative estimate of drug-likeness (QED) is 0.322. The fourth-order valence-corrected chi connectivity index (χ4v) is 4.44. The Labute approximate surface area is 217 Å². The number of amides is 1. The van der Waals surface area contributed by atoms with Gasteiger partial charge < -0.3 is 14.6 Å². The van der Waals surface area contributed by atoms with Gasteiger partial charge in [0.1, 0.15) is 6.04 Å². The number of nitrogens with zero attached hydrogens (tertiary/aromatic N) is 1. The van der Waals surface area contributed by atoms with E-state index in [-0.39, 0.29) is 12.5 Å². The zero-order chi connectivity index (χ0) is 26.2. The van der Waals surface area contributed by atoms with Crippen molar-refractivity contribution in [3.05, 3.63) is 114 Å². The third-order valence-corrected chi connectivity index (χ3v) is 6.11. The number of methoxy groups -OCH3 is 2. The van der Waals surface area contributed by atoms with Gasteiger partial charge in [0.2, 0.25) is 5.91 Å². The molecule has 4 rings (SSSR count). The average Bonchev–Trinajstić information content (AvgIpc) is 2.95. The summed E-state index contributed by atoms with van der Waals surface area (Å²) in [6.07, 6.45) is 0. The lowest BCUT2D eigenvalue weighted by molar-refractivity contribution is -0.116. The number of carbonyl (C=O) groups excluding carboxylic acids is 1. The first-order chi connectivity index (χ1) is 18.1. The molecular weight excluding hydrogens is 462 g/mol. The van der Waals surface area contributed by atoms with Gasteiger partial charge in [0.25, 0.3) is 0 Å². The summed E-state index contributed by atoms with van der Waals surface area (Å²) in [4.78, 5) is 14.8. The van der Waals surface area contributed by atoms with Gasteiger partial charge in [0, 0.05) is 23.7 Å². The molecule has 0 heterocycles. The minimum atomic E-state index is -0.601. The van der Waals surface area contributed by atoms with E-state index in [1.54, 1.807) is 26.0 Å². The first-order valence-corrected chi connectivity index (χ1v) is 11.9.